The number of ether oxygens (including phenoxy) is 1. The number of esters is 1. The van der Waals surface area contributed by atoms with Crippen LogP contribution in [0.25, 0.3) is 17.0 Å². The Labute approximate surface area is 131 Å². The molecule has 0 atom stereocenters. The van der Waals surface area contributed by atoms with Crippen molar-refractivity contribution in [1.29, 1.82) is 0 Å². The maximum atomic E-state index is 12.0. The molecule has 110 valence electrons. The van der Waals surface area contributed by atoms with Crippen LogP contribution < -0.4 is 0 Å². The van der Waals surface area contributed by atoms with E-state index >= 15 is 0 Å². The Hall–Kier alpha value is -2.34. The SMILES string of the molecule is COC(=O)c1cn2nc(-c3ccccc3)nc2c2c1SCC2. The molecule has 0 aliphatic carbocycles. The van der Waals surface area contributed by atoms with Crippen LogP contribution in [-0.2, 0) is 11.2 Å². The van der Waals surface area contributed by atoms with Gasteiger partial charge in [0.05, 0.1) is 12.7 Å². The van der Waals surface area contributed by atoms with Gasteiger partial charge in [0.1, 0.15) is 0 Å². The van der Waals surface area contributed by atoms with Gasteiger partial charge in [0.25, 0.3) is 0 Å². The summed E-state index contributed by atoms with van der Waals surface area (Å²) in [5.74, 6) is 1.29. The number of methoxy groups -OCH3 is 1. The molecule has 0 saturated carbocycles. The lowest BCUT2D eigenvalue weighted by molar-refractivity contribution is 0.0596. The minimum Gasteiger partial charge on any atom is -0.465 e. The van der Waals surface area contributed by atoms with Gasteiger partial charge < -0.3 is 4.74 Å². The molecular formula is C16H13N3O2S. The first kappa shape index (κ1) is 13.3. The lowest BCUT2D eigenvalue weighted by Crippen LogP contribution is -2.07. The molecule has 1 aromatic carbocycles. The summed E-state index contributed by atoms with van der Waals surface area (Å²) in [7, 11) is 1.40. The van der Waals surface area contributed by atoms with Crippen LogP contribution in [0.1, 0.15) is 15.9 Å². The predicted octanol–water partition coefficient (Wildman–Crippen LogP) is 2.83. The summed E-state index contributed by atoms with van der Waals surface area (Å²) in [4.78, 5) is 17.6. The van der Waals surface area contributed by atoms with E-state index in [1.54, 1.807) is 22.5 Å². The summed E-state index contributed by atoms with van der Waals surface area (Å²) in [6.45, 7) is 0. The highest BCUT2D eigenvalue weighted by atomic mass is 32.2. The number of benzene rings is 1. The van der Waals surface area contributed by atoms with E-state index in [4.69, 9.17) is 4.74 Å². The number of pyridine rings is 1. The zero-order chi connectivity index (χ0) is 15.1. The molecule has 1 aliphatic heterocycles. The maximum Gasteiger partial charge on any atom is 0.340 e. The van der Waals surface area contributed by atoms with Crippen molar-refractivity contribution in [2.24, 2.45) is 0 Å². The topological polar surface area (TPSA) is 56.5 Å². The third kappa shape index (κ3) is 1.99. The average Bonchev–Trinajstić information content (AvgIpc) is 3.20. The van der Waals surface area contributed by atoms with Gasteiger partial charge in [-0.25, -0.2) is 14.3 Å². The quantitative estimate of drug-likeness (QED) is 0.681. The number of thioether (sulfide) groups is 1. The Morgan fingerprint density at radius 1 is 1.32 bits per heavy atom. The molecule has 0 spiro atoms. The van der Waals surface area contributed by atoms with Crippen LogP contribution in [0.5, 0.6) is 0 Å². The van der Waals surface area contributed by atoms with Crippen LogP contribution in [0.15, 0.2) is 41.4 Å². The monoisotopic (exact) mass is 311 g/mol. The Kier molecular flexibility index (Phi) is 3.11. The molecule has 0 saturated heterocycles. The molecule has 2 aromatic heterocycles. The van der Waals surface area contributed by atoms with Gasteiger partial charge in [-0.05, 0) is 6.42 Å². The van der Waals surface area contributed by atoms with Crippen molar-refractivity contribution in [1.82, 2.24) is 14.6 Å². The van der Waals surface area contributed by atoms with Crippen molar-refractivity contribution in [3.8, 4) is 11.4 Å². The van der Waals surface area contributed by atoms with Gasteiger partial charge in [0, 0.05) is 28.0 Å². The fraction of sp³-hybridized carbons (Fsp3) is 0.188. The van der Waals surface area contributed by atoms with Gasteiger partial charge >= 0.3 is 5.97 Å². The third-order valence-electron chi connectivity index (χ3n) is 3.71. The first-order chi connectivity index (χ1) is 10.8. The standard InChI is InChI=1S/C16H13N3O2S/c1-21-16(20)12-9-19-15(11-7-8-22-13(11)12)17-14(18-19)10-5-3-2-4-6-10/h2-6,9H,7-8H2,1H3. The zero-order valence-corrected chi connectivity index (χ0v) is 12.8. The number of aryl methyl sites for hydroxylation is 1. The second-order valence-electron chi connectivity index (χ2n) is 5.01. The highest BCUT2D eigenvalue weighted by Crippen LogP contribution is 2.37. The molecule has 6 heteroatoms. The molecule has 0 unspecified atom stereocenters. The van der Waals surface area contributed by atoms with Crippen molar-refractivity contribution in [2.75, 3.05) is 12.9 Å². The molecule has 0 amide bonds. The number of carbonyl (C=O) groups excluding carboxylic acids is 1. The fourth-order valence-electron chi connectivity index (χ4n) is 2.67. The number of nitrogens with zero attached hydrogens (tertiary/aromatic N) is 3. The van der Waals surface area contributed by atoms with Crippen LogP contribution in [0.2, 0.25) is 0 Å². The summed E-state index contributed by atoms with van der Waals surface area (Å²) >= 11 is 1.68. The number of hydrogen-bond donors (Lipinski definition) is 0. The van der Waals surface area contributed by atoms with Gasteiger partial charge in [-0.2, -0.15) is 0 Å². The highest BCUT2D eigenvalue weighted by Gasteiger charge is 2.25. The molecule has 22 heavy (non-hydrogen) atoms. The lowest BCUT2D eigenvalue weighted by Gasteiger charge is -2.06. The van der Waals surface area contributed by atoms with Crippen LogP contribution in [0.3, 0.4) is 0 Å². The fourth-order valence-corrected chi connectivity index (χ4v) is 3.84. The molecule has 3 heterocycles. The van der Waals surface area contributed by atoms with Gasteiger partial charge in [-0.1, -0.05) is 30.3 Å². The number of hydrogen-bond acceptors (Lipinski definition) is 5. The Balaban J connectivity index is 1.95. The molecule has 3 aromatic rings. The lowest BCUT2D eigenvalue weighted by atomic mass is 10.1. The normalized spacial score (nSPS) is 13.3. The van der Waals surface area contributed by atoms with E-state index in [9.17, 15) is 4.79 Å². The minimum atomic E-state index is -0.329. The van der Waals surface area contributed by atoms with Crippen LogP contribution in [0, 0.1) is 0 Å². The van der Waals surface area contributed by atoms with E-state index in [1.165, 1.54) is 7.11 Å². The van der Waals surface area contributed by atoms with E-state index < -0.39 is 0 Å². The number of carbonyl (C=O) groups is 1. The highest BCUT2D eigenvalue weighted by molar-refractivity contribution is 7.99. The Morgan fingerprint density at radius 2 is 2.14 bits per heavy atom. The van der Waals surface area contributed by atoms with E-state index in [1.807, 2.05) is 30.3 Å². The predicted molar refractivity (Wildman–Crippen MR) is 84.2 cm³/mol. The van der Waals surface area contributed by atoms with Crippen molar-refractivity contribution in [3.63, 3.8) is 0 Å². The minimum absolute atomic E-state index is 0.329. The number of aromatic nitrogens is 3. The smallest absolute Gasteiger partial charge is 0.340 e. The van der Waals surface area contributed by atoms with Crippen molar-refractivity contribution in [2.45, 2.75) is 11.3 Å². The van der Waals surface area contributed by atoms with Crippen molar-refractivity contribution in [3.05, 3.63) is 47.7 Å². The second kappa shape index (κ2) is 5.14. The summed E-state index contributed by atoms with van der Waals surface area (Å²) in [6.07, 6.45) is 2.61. The maximum absolute atomic E-state index is 12.0. The van der Waals surface area contributed by atoms with Gasteiger partial charge in [-0.15, -0.1) is 16.9 Å². The molecule has 0 N–H and O–H groups in total. The molecule has 1 aliphatic rings. The van der Waals surface area contributed by atoms with Crippen LogP contribution in [-0.4, -0.2) is 33.4 Å². The van der Waals surface area contributed by atoms with E-state index in [0.29, 0.717) is 11.4 Å². The summed E-state index contributed by atoms with van der Waals surface area (Å²) in [6, 6.07) is 9.83. The first-order valence-electron chi connectivity index (χ1n) is 6.96. The summed E-state index contributed by atoms with van der Waals surface area (Å²) in [5.41, 5.74) is 3.44. The molecule has 0 fully saturated rings. The molecular weight excluding hydrogens is 298 g/mol. The first-order valence-corrected chi connectivity index (χ1v) is 7.95. The van der Waals surface area contributed by atoms with Gasteiger partial charge in [-0.3, -0.25) is 0 Å². The molecule has 5 nitrogen and oxygen atoms in total. The van der Waals surface area contributed by atoms with Crippen LogP contribution >= 0.6 is 11.8 Å². The Bertz CT molecular complexity index is 874. The molecule has 0 bridgehead atoms. The number of rotatable bonds is 2. The van der Waals surface area contributed by atoms with E-state index in [-0.39, 0.29) is 5.97 Å². The Morgan fingerprint density at radius 3 is 2.91 bits per heavy atom. The second-order valence-corrected chi connectivity index (χ2v) is 6.12. The number of fused-ring (bicyclic) bond motifs is 3. The van der Waals surface area contributed by atoms with E-state index in [2.05, 4.69) is 10.1 Å². The van der Waals surface area contributed by atoms with Gasteiger partial charge in [0.2, 0.25) is 0 Å². The summed E-state index contributed by atoms with van der Waals surface area (Å²) < 4.78 is 6.58. The van der Waals surface area contributed by atoms with Crippen molar-refractivity contribution < 1.29 is 9.53 Å². The van der Waals surface area contributed by atoms with E-state index in [0.717, 1.165) is 33.8 Å². The third-order valence-corrected chi connectivity index (χ3v) is 4.87. The molecule has 4 rings (SSSR count). The van der Waals surface area contributed by atoms with Crippen LogP contribution in [0.4, 0.5) is 0 Å². The largest absolute Gasteiger partial charge is 0.465 e. The summed E-state index contributed by atoms with van der Waals surface area (Å²) in [5, 5.41) is 4.53. The van der Waals surface area contributed by atoms with Crippen molar-refractivity contribution >= 4 is 23.4 Å². The average molecular weight is 311 g/mol. The van der Waals surface area contributed by atoms with Gasteiger partial charge in [0.15, 0.2) is 11.5 Å². The molecule has 0 radical (unpaired) electrons. The zero-order valence-electron chi connectivity index (χ0n) is 11.9.